The third kappa shape index (κ3) is 3.41. The summed E-state index contributed by atoms with van der Waals surface area (Å²) in [5, 5.41) is 0. The maximum absolute atomic E-state index is 12.1. The minimum atomic E-state index is 0.148. The summed E-state index contributed by atoms with van der Waals surface area (Å²) >= 11 is 0. The molecule has 0 radical (unpaired) electrons. The number of carbonyl (C=O) groups is 1. The number of rotatable bonds is 5. The van der Waals surface area contributed by atoms with Crippen LogP contribution in [0.2, 0.25) is 0 Å². The molecule has 96 valence electrons. The Balaban J connectivity index is 2.04. The first-order chi connectivity index (χ1) is 9.18. The van der Waals surface area contributed by atoms with Crippen molar-refractivity contribution in [1.82, 2.24) is 0 Å². The molecule has 1 heteroatoms. The molecule has 0 amide bonds. The van der Waals surface area contributed by atoms with E-state index in [1.807, 2.05) is 60.7 Å². The van der Waals surface area contributed by atoms with Crippen LogP contribution in [-0.4, -0.2) is 5.78 Å². The van der Waals surface area contributed by atoms with E-state index in [1.165, 1.54) is 0 Å². The van der Waals surface area contributed by atoms with Crippen LogP contribution in [0.5, 0.6) is 0 Å². The van der Waals surface area contributed by atoms with E-state index in [1.54, 1.807) is 0 Å². The van der Waals surface area contributed by atoms with Gasteiger partial charge >= 0.3 is 0 Å². The highest BCUT2D eigenvalue weighted by Gasteiger charge is 2.14. The summed E-state index contributed by atoms with van der Waals surface area (Å²) in [5.74, 6) is 0.320. The molecular weight excluding hydrogens is 232 g/mol. The van der Waals surface area contributed by atoms with Crippen molar-refractivity contribution in [3.8, 4) is 0 Å². The first kappa shape index (κ1) is 13.3. The second-order valence-corrected chi connectivity index (χ2v) is 4.79. The molecule has 0 spiro atoms. The second-order valence-electron chi connectivity index (χ2n) is 4.79. The van der Waals surface area contributed by atoms with Gasteiger partial charge in [0.25, 0.3) is 0 Å². The molecule has 0 unspecified atom stereocenters. The van der Waals surface area contributed by atoms with Crippen LogP contribution in [0.1, 0.15) is 29.3 Å². The summed E-state index contributed by atoms with van der Waals surface area (Å²) in [7, 11) is 0. The molecular formula is C18H18O. The number of allylic oxidation sites excluding steroid dienone is 1. The lowest BCUT2D eigenvalue weighted by molar-refractivity contribution is 0.0973. The Morgan fingerprint density at radius 2 is 1.42 bits per heavy atom. The summed E-state index contributed by atoms with van der Waals surface area (Å²) in [6, 6.07) is 19.5. The molecule has 19 heavy (non-hydrogen) atoms. The van der Waals surface area contributed by atoms with Crippen LogP contribution in [0.25, 0.3) is 5.57 Å². The SMILES string of the molecule is C=C(c1ccccc1)[C@H](C)CC(=O)c1ccccc1. The van der Waals surface area contributed by atoms with Crippen molar-refractivity contribution < 1.29 is 4.79 Å². The fourth-order valence-electron chi connectivity index (χ4n) is 2.08. The summed E-state index contributed by atoms with van der Waals surface area (Å²) < 4.78 is 0. The van der Waals surface area contributed by atoms with Gasteiger partial charge in [0.2, 0.25) is 0 Å². The van der Waals surface area contributed by atoms with Crippen molar-refractivity contribution in [2.45, 2.75) is 13.3 Å². The van der Waals surface area contributed by atoms with Crippen molar-refractivity contribution in [3.63, 3.8) is 0 Å². The molecule has 2 rings (SSSR count). The smallest absolute Gasteiger partial charge is 0.163 e. The molecule has 0 fully saturated rings. The lowest BCUT2D eigenvalue weighted by Crippen LogP contribution is -2.07. The van der Waals surface area contributed by atoms with E-state index >= 15 is 0 Å². The van der Waals surface area contributed by atoms with Gasteiger partial charge in [-0.1, -0.05) is 74.2 Å². The normalized spacial score (nSPS) is 11.8. The highest BCUT2D eigenvalue weighted by atomic mass is 16.1. The quantitative estimate of drug-likeness (QED) is 0.708. The predicted molar refractivity (Wildman–Crippen MR) is 80.0 cm³/mol. The first-order valence-electron chi connectivity index (χ1n) is 6.51. The van der Waals surface area contributed by atoms with Crippen molar-refractivity contribution in [2.24, 2.45) is 5.92 Å². The molecule has 0 saturated carbocycles. The maximum atomic E-state index is 12.1. The van der Waals surface area contributed by atoms with Gasteiger partial charge in [-0.3, -0.25) is 4.79 Å². The van der Waals surface area contributed by atoms with Crippen molar-refractivity contribution in [1.29, 1.82) is 0 Å². The second kappa shape index (κ2) is 6.14. The predicted octanol–water partition coefficient (Wildman–Crippen LogP) is 4.61. The average Bonchev–Trinajstić information content (AvgIpc) is 2.48. The van der Waals surface area contributed by atoms with E-state index in [0.29, 0.717) is 6.42 Å². The molecule has 1 nitrogen and oxygen atoms in total. The molecule has 2 aromatic carbocycles. The summed E-state index contributed by atoms with van der Waals surface area (Å²) in [4.78, 5) is 12.1. The lowest BCUT2D eigenvalue weighted by atomic mass is 9.90. The number of Topliss-reactive ketones (excluding diaryl/α,β-unsaturated/α-hetero) is 1. The fourth-order valence-corrected chi connectivity index (χ4v) is 2.08. The van der Waals surface area contributed by atoms with Crippen LogP contribution in [0.15, 0.2) is 67.2 Å². The third-order valence-electron chi connectivity index (χ3n) is 3.33. The monoisotopic (exact) mass is 250 g/mol. The molecule has 2 aromatic rings. The number of hydrogen-bond acceptors (Lipinski definition) is 1. The first-order valence-corrected chi connectivity index (χ1v) is 6.51. The zero-order chi connectivity index (χ0) is 13.7. The van der Waals surface area contributed by atoms with Gasteiger partial charge in [-0.15, -0.1) is 0 Å². The number of hydrogen-bond donors (Lipinski definition) is 0. The van der Waals surface area contributed by atoms with Gasteiger partial charge in [-0.2, -0.15) is 0 Å². The fraction of sp³-hybridized carbons (Fsp3) is 0.167. The standard InChI is InChI=1S/C18H18O/c1-14(15(2)16-9-5-3-6-10-16)13-18(19)17-11-7-4-8-12-17/h3-12,14H,2,13H2,1H3/t14-/m1/s1. The van der Waals surface area contributed by atoms with Crippen LogP contribution in [0, 0.1) is 5.92 Å². The van der Waals surface area contributed by atoms with Crippen molar-refractivity contribution >= 4 is 11.4 Å². The molecule has 0 aliphatic carbocycles. The molecule has 0 aliphatic heterocycles. The van der Waals surface area contributed by atoms with Crippen LogP contribution < -0.4 is 0 Å². The van der Waals surface area contributed by atoms with Gasteiger partial charge in [-0.25, -0.2) is 0 Å². The Hall–Kier alpha value is -2.15. The molecule has 0 bridgehead atoms. The van der Waals surface area contributed by atoms with Crippen molar-refractivity contribution in [3.05, 3.63) is 78.4 Å². The Morgan fingerprint density at radius 1 is 0.947 bits per heavy atom. The van der Waals surface area contributed by atoms with E-state index in [9.17, 15) is 4.79 Å². The van der Waals surface area contributed by atoms with Crippen LogP contribution in [0.4, 0.5) is 0 Å². The Kier molecular flexibility index (Phi) is 4.30. The summed E-state index contributed by atoms with van der Waals surface area (Å²) in [5.41, 5.74) is 2.90. The van der Waals surface area contributed by atoms with Gasteiger partial charge in [0.1, 0.15) is 0 Å². The summed E-state index contributed by atoms with van der Waals surface area (Å²) in [6.45, 7) is 6.17. The van der Waals surface area contributed by atoms with E-state index in [-0.39, 0.29) is 11.7 Å². The topological polar surface area (TPSA) is 17.1 Å². The van der Waals surface area contributed by atoms with Crippen molar-refractivity contribution in [2.75, 3.05) is 0 Å². The number of benzene rings is 2. The van der Waals surface area contributed by atoms with Gasteiger partial charge < -0.3 is 0 Å². The Labute approximate surface area is 114 Å². The van der Waals surface area contributed by atoms with Crippen LogP contribution in [0.3, 0.4) is 0 Å². The highest BCUT2D eigenvalue weighted by Crippen LogP contribution is 2.25. The van der Waals surface area contributed by atoms with Gasteiger partial charge in [0, 0.05) is 12.0 Å². The molecule has 0 saturated heterocycles. The van der Waals surface area contributed by atoms with Crippen LogP contribution in [-0.2, 0) is 0 Å². The number of ketones is 1. The minimum absolute atomic E-state index is 0.148. The molecule has 0 heterocycles. The van der Waals surface area contributed by atoms with E-state index < -0.39 is 0 Å². The number of carbonyl (C=O) groups excluding carboxylic acids is 1. The third-order valence-corrected chi connectivity index (χ3v) is 3.33. The van der Waals surface area contributed by atoms with Gasteiger partial charge in [0.05, 0.1) is 0 Å². The summed E-state index contributed by atoms with van der Waals surface area (Å²) in [6.07, 6.45) is 0.498. The van der Waals surface area contributed by atoms with Gasteiger partial charge in [0.15, 0.2) is 5.78 Å². The molecule has 1 atom stereocenters. The Bertz CT molecular complexity index is 555. The average molecular weight is 250 g/mol. The van der Waals surface area contributed by atoms with E-state index in [4.69, 9.17) is 0 Å². The zero-order valence-corrected chi connectivity index (χ0v) is 11.2. The minimum Gasteiger partial charge on any atom is -0.294 e. The maximum Gasteiger partial charge on any atom is 0.163 e. The molecule has 0 aromatic heterocycles. The zero-order valence-electron chi connectivity index (χ0n) is 11.2. The highest BCUT2D eigenvalue weighted by molar-refractivity contribution is 5.97. The Morgan fingerprint density at radius 3 is 1.95 bits per heavy atom. The molecule has 0 aliphatic rings. The van der Waals surface area contributed by atoms with E-state index in [2.05, 4.69) is 13.5 Å². The largest absolute Gasteiger partial charge is 0.294 e. The lowest BCUT2D eigenvalue weighted by Gasteiger charge is -2.14. The molecule has 0 N–H and O–H groups in total. The van der Waals surface area contributed by atoms with E-state index in [0.717, 1.165) is 16.7 Å². The van der Waals surface area contributed by atoms with Crippen LogP contribution >= 0.6 is 0 Å². The van der Waals surface area contributed by atoms with Gasteiger partial charge in [-0.05, 0) is 17.1 Å².